The van der Waals surface area contributed by atoms with Crippen LogP contribution in [0.5, 0.6) is 0 Å². The molecule has 1 heterocycles. The SMILES string of the molecule is Cl.O=[N+]([O-])c1ccc(F)cc1[C@H]1CCCN1. The zero-order chi connectivity index (χ0) is 10.8. The quantitative estimate of drug-likeness (QED) is 0.645. The summed E-state index contributed by atoms with van der Waals surface area (Å²) in [5, 5.41) is 13.9. The second-order valence-electron chi connectivity index (χ2n) is 3.61. The molecule has 0 aromatic heterocycles. The second kappa shape index (κ2) is 5.23. The van der Waals surface area contributed by atoms with Gasteiger partial charge >= 0.3 is 0 Å². The fraction of sp³-hybridized carbons (Fsp3) is 0.400. The van der Waals surface area contributed by atoms with Gasteiger partial charge < -0.3 is 5.32 Å². The summed E-state index contributed by atoms with van der Waals surface area (Å²) in [5.41, 5.74) is 0.452. The first-order chi connectivity index (χ1) is 7.18. The van der Waals surface area contributed by atoms with E-state index in [1.54, 1.807) is 0 Å². The normalized spacial score (nSPS) is 19.2. The Hall–Kier alpha value is -1.20. The molecule has 4 nitrogen and oxygen atoms in total. The third-order valence-electron chi connectivity index (χ3n) is 2.62. The van der Waals surface area contributed by atoms with E-state index >= 15 is 0 Å². The molecule has 1 atom stereocenters. The summed E-state index contributed by atoms with van der Waals surface area (Å²) in [6, 6.07) is 3.52. The summed E-state index contributed by atoms with van der Waals surface area (Å²) < 4.78 is 13.0. The molecular weight excluding hydrogens is 235 g/mol. The fourth-order valence-electron chi connectivity index (χ4n) is 1.92. The zero-order valence-electron chi connectivity index (χ0n) is 8.48. The molecule has 0 bridgehead atoms. The van der Waals surface area contributed by atoms with E-state index in [0.29, 0.717) is 5.56 Å². The molecule has 88 valence electrons. The van der Waals surface area contributed by atoms with Crippen molar-refractivity contribution in [3.05, 3.63) is 39.7 Å². The van der Waals surface area contributed by atoms with E-state index in [1.165, 1.54) is 12.1 Å². The van der Waals surface area contributed by atoms with Crippen LogP contribution in [0.4, 0.5) is 10.1 Å². The molecular formula is C10H12ClFN2O2. The van der Waals surface area contributed by atoms with Crippen molar-refractivity contribution in [1.29, 1.82) is 0 Å². The molecule has 0 unspecified atom stereocenters. The maximum absolute atomic E-state index is 13.0. The van der Waals surface area contributed by atoms with Crippen LogP contribution in [0, 0.1) is 15.9 Å². The molecule has 1 aromatic rings. The molecule has 2 rings (SSSR count). The molecule has 0 spiro atoms. The zero-order valence-corrected chi connectivity index (χ0v) is 9.30. The monoisotopic (exact) mass is 246 g/mol. The van der Waals surface area contributed by atoms with Gasteiger partial charge in [-0.05, 0) is 31.5 Å². The van der Waals surface area contributed by atoms with Crippen molar-refractivity contribution >= 4 is 18.1 Å². The van der Waals surface area contributed by atoms with Crippen LogP contribution in [0.1, 0.15) is 24.4 Å². The number of hydrogen-bond donors (Lipinski definition) is 1. The molecule has 1 saturated heterocycles. The van der Waals surface area contributed by atoms with Gasteiger partial charge in [0.25, 0.3) is 5.69 Å². The van der Waals surface area contributed by atoms with Crippen molar-refractivity contribution in [2.24, 2.45) is 0 Å². The Balaban J connectivity index is 0.00000128. The number of nitrogens with zero attached hydrogens (tertiary/aromatic N) is 1. The number of benzene rings is 1. The van der Waals surface area contributed by atoms with Gasteiger partial charge in [0.1, 0.15) is 5.82 Å². The molecule has 1 aliphatic rings. The van der Waals surface area contributed by atoms with Gasteiger partial charge in [0.2, 0.25) is 0 Å². The van der Waals surface area contributed by atoms with Crippen molar-refractivity contribution in [2.45, 2.75) is 18.9 Å². The molecule has 0 aliphatic carbocycles. The first kappa shape index (κ1) is 12.9. The van der Waals surface area contributed by atoms with Crippen LogP contribution in [-0.4, -0.2) is 11.5 Å². The van der Waals surface area contributed by atoms with Gasteiger partial charge in [-0.25, -0.2) is 4.39 Å². The number of halogens is 2. The van der Waals surface area contributed by atoms with Crippen LogP contribution in [0.15, 0.2) is 18.2 Å². The van der Waals surface area contributed by atoms with E-state index in [2.05, 4.69) is 5.32 Å². The first-order valence-electron chi connectivity index (χ1n) is 4.85. The summed E-state index contributed by atoms with van der Waals surface area (Å²) in [5.74, 6) is -0.427. The molecule has 0 amide bonds. The van der Waals surface area contributed by atoms with E-state index < -0.39 is 10.7 Å². The predicted octanol–water partition coefficient (Wildman–Crippen LogP) is 2.58. The van der Waals surface area contributed by atoms with Gasteiger partial charge in [-0.1, -0.05) is 0 Å². The molecule has 16 heavy (non-hydrogen) atoms. The topological polar surface area (TPSA) is 55.2 Å². The Bertz CT molecular complexity index is 394. The molecule has 1 aromatic carbocycles. The van der Waals surface area contributed by atoms with Gasteiger partial charge in [0, 0.05) is 17.7 Å². The van der Waals surface area contributed by atoms with Crippen molar-refractivity contribution in [3.63, 3.8) is 0 Å². The highest BCUT2D eigenvalue weighted by Crippen LogP contribution is 2.31. The second-order valence-corrected chi connectivity index (χ2v) is 3.61. The largest absolute Gasteiger partial charge is 0.310 e. The smallest absolute Gasteiger partial charge is 0.274 e. The highest BCUT2D eigenvalue weighted by Gasteiger charge is 2.24. The van der Waals surface area contributed by atoms with Crippen LogP contribution in [0.2, 0.25) is 0 Å². The summed E-state index contributed by atoms with van der Waals surface area (Å²) in [6.07, 6.45) is 1.79. The molecule has 1 fully saturated rings. The Morgan fingerprint density at radius 3 is 2.81 bits per heavy atom. The van der Waals surface area contributed by atoms with Crippen LogP contribution >= 0.6 is 12.4 Å². The van der Waals surface area contributed by atoms with E-state index in [4.69, 9.17) is 0 Å². The lowest BCUT2D eigenvalue weighted by Gasteiger charge is -2.10. The van der Waals surface area contributed by atoms with Crippen LogP contribution in [0.25, 0.3) is 0 Å². The molecule has 1 N–H and O–H groups in total. The summed E-state index contributed by atoms with van der Waals surface area (Å²) in [6.45, 7) is 0.832. The van der Waals surface area contributed by atoms with Crippen LogP contribution in [-0.2, 0) is 0 Å². The number of hydrogen-bond acceptors (Lipinski definition) is 3. The van der Waals surface area contributed by atoms with E-state index in [0.717, 1.165) is 25.5 Å². The lowest BCUT2D eigenvalue weighted by molar-refractivity contribution is -0.385. The fourth-order valence-corrected chi connectivity index (χ4v) is 1.92. The molecule has 0 radical (unpaired) electrons. The van der Waals surface area contributed by atoms with Crippen molar-refractivity contribution < 1.29 is 9.31 Å². The Labute approximate surface area is 98.4 Å². The predicted molar refractivity (Wildman–Crippen MR) is 60.3 cm³/mol. The standard InChI is InChI=1S/C10H11FN2O2.ClH/c11-7-3-4-10(13(14)15)8(6-7)9-2-1-5-12-9;/h3-4,6,9,12H,1-2,5H2;1H/t9-;/m1./s1. The molecule has 1 aliphatic heterocycles. The highest BCUT2D eigenvalue weighted by molar-refractivity contribution is 5.85. The highest BCUT2D eigenvalue weighted by atomic mass is 35.5. The van der Waals surface area contributed by atoms with Crippen molar-refractivity contribution in [3.8, 4) is 0 Å². The van der Waals surface area contributed by atoms with Crippen molar-refractivity contribution in [2.75, 3.05) is 6.54 Å². The van der Waals surface area contributed by atoms with Gasteiger partial charge in [-0.3, -0.25) is 10.1 Å². The average Bonchev–Trinajstić information content (AvgIpc) is 2.69. The lowest BCUT2D eigenvalue weighted by atomic mass is 10.0. The number of nitro benzene ring substituents is 1. The number of nitro groups is 1. The third-order valence-corrected chi connectivity index (χ3v) is 2.62. The minimum absolute atomic E-state index is 0. The van der Waals surface area contributed by atoms with Gasteiger partial charge in [0.15, 0.2) is 0 Å². The minimum Gasteiger partial charge on any atom is -0.310 e. The first-order valence-corrected chi connectivity index (χ1v) is 4.85. The molecule has 0 saturated carbocycles. The van der Waals surface area contributed by atoms with Gasteiger partial charge in [-0.15, -0.1) is 12.4 Å². The third kappa shape index (κ3) is 2.48. The Morgan fingerprint density at radius 2 is 2.25 bits per heavy atom. The maximum Gasteiger partial charge on any atom is 0.274 e. The van der Waals surface area contributed by atoms with E-state index in [1.807, 2.05) is 0 Å². The minimum atomic E-state index is -0.464. The van der Waals surface area contributed by atoms with E-state index in [-0.39, 0.29) is 24.1 Å². The van der Waals surface area contributed by atoms with Gasteiger partial charge in [-0.2, -0.15) is 0 Å². The summed E-state index contributed by atoms with van der Waals surface area (Å²) in [7, 11) is 0. The van der Waals surface area contributed by atoms with Crippen LogP contribution in [0.3, 0.4) is 0 Å². The number of rotatable bonds is 2. The summed E-state index contributed by atoms with van der Waals surface area (Å²) >= 11 is 0. The summed E-state index contributed by atoms with van der Waals surface area (Å²) in [4.78, 5) is 10.3. The van der Waals surface area contributed by atoms with E-state index in [9.17, 15) is 14.5 Å². The Morgan fingerprint density at radius 1 is 1.50 bits per heavy atom. The van der Waals surface area contributed by atoms with Gasteiger partial charge in [0.05, 0.1) is 4.92 Å². The Kier molecular flexibility index (Phi) is 4.20. The lowest BCUT2D eigenvalue weighted by Crippen LogP contribution is -2.14. The van der Waals surface area contributed by atoms with Crippen molar-refractivity contribution in [1.82, 2.24) is 5.32 Å². The van der Waals surface area contributed by atoms with Crippen LogP contribution < -0.4 is 5.32 Å². The number of nitrogens with one attached hydrogen (secondary N) is 1. The molecule has 6 heteroatoms. The maximum atomic E-state index is 13.0. The average molecular weight is 247 g/mol.